The van der Waals surface area contributed by atoms with Crippen molar-refractivity contribution in [2.75, 3.05) is 7.11 Å². The third-order valence-corrected chi connectivity index (χ3v) is 3.65. The Hall–Kier alpha value is -1.70. The monoisotopic (exact) mass is 366 g/mol. The van der Waals surface area contributed by atoms with E-state index in [0.717, 1.165) is 16.0 Å². The number of hydrogen-bond donors (Lipinski definition) is 0. The zero-order chi connectivity index (χ0) is 13.2. The van der Waals surface area contributed by atoms with Crippen LogP contribution in [0, 0.1) is 3.83 Å². The van der Waals surface area contributed by atoms with Gasteiger partial charge in [0.15, 0.2) is 15.0 Å². The number of halogens is 1. The van der Waals surface area contributed by atoms with E-state index in [1.54, 1.807) is 7.11 Å². The molecule has 0 spiro atoms. The summed E-state index contributed by atoms with van der Waals surface area (Å²) >= 11 is 2.20. The zero-order valence-corrected chi connectivity index (χ0v) is 12.4. The average Bonchev–Trinajstić information content (AvgIpc) is 2.76. The molecule has 0 amide bonds. The Kier molecular flexibility index (Phi) is 3.33. The van der Waals surface area contributed by atoms with Gasteiger partial charge in [0.2, 0.25) is 5.88 Å². The molecule has 0 aliphatic heterocycles. The fraction of sp³-hybridized carbons (Fsp3) is 0.154. The average molecular weight is 366 g/mol. The molecule has 0 radical (unpaired) electrons. The highest BCUT2D eigenvalue weighted by molar-refractivity contribution is 14.1. The highest BCUT2D eigenvalue weighted by Crippen LogP contribution is 2.23. The summed E-state index contributed by atoms with van der Waals surface area (Å²) in [5.41, 5.74) is 2.70. The number of fused-ring (bicyclic) bond motifs is 1. The minimum atomic E-state index is 0.509. The molecule has 19 heavy (non-hydrogen) atoms. The second-order valence-electron chi connectivity index (χ2n) is 4.01. The highest BCUT2D eigenvalue weighted by atomic mass is 127. The standard InChI is InChI=1S/C13H11IN4O/c1-19-12-10-11(15-8-16-12)18(13(14)17-10)7-9-5-3-2-4-6-9/h2-6,8H,7H2,1H3. The van der Waals surface area contributed by atoms with Crippen LogP contribution in [0.1, 0.15) is 5.56 Å². The number of methoxy groups -OCH3 is 1. The molecule has 0 atom stereocenters. The summed E-state index contributed by atoms with van der Waals surface area (Å²) in [7, 11) is 1.59. The van der Waals surface area contributed by atoms with Crippen LogP contribution >= 0.6 is 22.6 Å². The van der Waals surface area contributed by atoms with Crippen molar-refractivity contribution in [1.82, 2.24) is 19.5 Å². The van der Waals surface area contributed by atoms with Crippen molar-refractivity contribution in [2.24, 2.45) is 0 Å². The van der Waals surface area contributed by atoms with Crippen molar-refractivity contribution in [3.05, 3.63) is 46.1 Å². The summed E-state index contributed by atoms with van der Waals surface area (Å²) in [6, 6.07) is 10.2. The third kappa shape index (κ3) is 2.27. The maximum atomic E-state index is 5.22. The van der Waals surface area contributed by atoms with Crippen molar-refractivity contribution in [2.45, 2.75) is 6.54 Å². The van der Waals surface area contributed by atoms with Crippen LogP contribution in [0.3, 0.4) is 0 Å². The van der Waals surface area contributed by atoms with Crippen LogP contribution in [0.25, 0.3) is 11.2 Å². The van der Waals surface area contributed by atoms with E-state index in [1.807, 2.05) is 18.2 Å². The number of aromatic nitrogens is 4. The molecule has 0 saturated heterocycles. The van der Waals surface area contributed by atoms with Gasteiger partial charge in [0.05, 0.1) is 13.7 Å². The van der Waals surface area contributed by atoms with E-state index in [4.69, 9.17) is 4.74 Å². The molecule has 96 valence electrons. The lowest BCUT2D eigenvalue weighted by molar-refractivity contribution is 0.401. The Bertz CT molecular complexity index is 711. The molecule has 0 saturated carbocycles. The fourth-order valence-corrected chi connectivity index (χ4v) is 2.59. The first-order valence-electron chi connectivity index (χ1n) is 5.74. The molecule has 0 bridgehead atoms. The van der Waals surface area contributed by atoms with Crippen LogP contribution in [-0.2, 0) is 6.54 Å². The van der Waals surface area contributed by atoms with E-state index in [-0.39, 0.29) is 0 Å². The number of hydrogen-bond acceptors (Lipinski definition) is 4. The van der Waals surface area contributed by atoms with E-state index in [0.29, 0.717) is 11.4 Å². The first kappa shape index (κ1) is 12.3. The third-order valence-electron chi connectivity index (χ3n) is 2.83. The Morgan fingerprint density at radius 1 is 1.21 bits per heavy atom. The van der Waals surface area contributed by atoms with Crippen LogP contribution in [-0.4, -0.2) is 26.6 Å². The van der Waals surface area contributed by atoms with Gasteiger partial charge in [-0.1, -0.05) is 30.3 Å². The van der Waals surface area contributed by atoms with Crippen molar-refractivity contribution >= 4 is 33.8 Å². The van der Waals surface area contributed by atoms with Gasteiger partial charge in [-0.05, 0) is 5.56 Å². The number of imidazole rings is 1. The van der Waals surface area contributed by atoms with Gasteiger partial charge in [-0.2, -0.15) is 4.98 Å². The molecule has 1 aromatic carbocycles. The quantitative estimate of drug-likeness (QED) is 0.528. The number of rotatable bonds is 3. The van der Waals surface area contributed by atoms with Crippen molar-refractivity contribution < 1.29 is 4.74 Å². The molecule has 2 heterocycles. The topological polar surface area (TPSA) is 52.8 Å². The zero-order valence-electron chi connectivity index (χ0n) is 10.2. The fourth-order valence-electron chi connectivity index (χ4n) is 1.94. The molecule has 6 heteroatoms. The lowest BCUT2D eigenvalue weighted by atomic mass is 10.2. The SMILES string of the molecule is COc1ncnc2c1nc(I)n2Cc1ccccc1. The number of ether oxygens (including phenoxy) is 1. The molecule has 3 aromatic rings. The second kappa shape index (κ2) is 5.12. The van der Waals surface area contributed by atoms with Crippen LogP contribution in [0.4, 0.5) is 0 Å². The molecule has 0 N–H and O–H groups in total. The first-order valence-corrected chi connectivity index (χ1v) is 6.82. The minimum absolute atomic E-state index is 0.509. The van der Waals surface area contributed by atoms with E-state index in [2.05, 4.69) is 54.2 Å². The predicted octanol–water partition coefficient (Wildman–Crippen LogP) is 2.49. The summed E-state index contributed by atoms with van der Waals surface area (Å²) in [4.78, 5) is 12.9. The van der Waals surface area contributed by atoms with Crippen LogP contribution < -0.4 is 4.74 Å². The Balaban J connectivity index is 2.11. The Morgan fingerprint density at radius 2 is 2.00 bits per heavy atom. The normalized spacial score (nSPS) is 10.8. The highest BCUT2D eigenvalue weighted by Gasteiger charge is 2.14. The van der Waals surface area contributed by atoms with E-state index >= 15 is 0 Å². The molecule has 5 nitrogen and oxygen atoms in total. The van der Waals surface area contributed by atoms with Gasteiger partial charge in [0.25, 0.3) is 0 Å². The van der Waals surface area contributed by atoms with E-state index in [1.165, 1.54) is 11.9 Å². The van der Waals surface area contributed by atoms with Crippen LogP contribution in [0.15, 0.2) is 36.7 Å². The first-order chi connectivity index (χ1) is 9.29. The molecule has 0 aliphatic rings. The summed E-state index contributed by atoms with van der Waals surface area (Å²) in [5.74, 6) is 0.509. The van der Waals surface area contributed by atoms with Gasteiger partial charge >= 0.3 is 0 Å². The summed E-state index contributed by atoms with van der Waals surface area (Å²) < 4.78 is 8.14. The van der Waals surface area contributed by atoms with Gasteiger partial charge in [-0.15, -0.1) is 0 Å². The van der Waals surface area contributed by atoms with Crippen molar-refractivity contribution in [1.29, 1.82) is 0 Å². The second-order valence-corrected chi connectivity index (χ2v) is 4.97. The van der Waals surface area contributed by atoms with Crippen molar-refractivity contribution in [3.8, 4) is 5.88 Å². The summed E-state index contributed by atoms with van der Waals surface area (Å²) in [5, 5.41) is 0. The van der Waals surface area contributed by atoms with Crippen LogP contribution in [0.5, 0.6) is 5.88 Å². The Labute approximate surface area is 123 Å². The van der Waals surface area contributed by atoms with Gasteiger partial charge in [0, 0.05) is 22.6 Å². The number of nitrogens with zero attached hydrogens (tertiary/aromatic N) is 4. The molecule has 3 rings (SSSR count). The summed E-state index contributed by atoms with van der Waals surface area (Å²) in [6.07, 6.45) is 1.50. The lowest BCUT2D eigenvalue weighted by Gasteiger charge is -2.05. The smallest absolute Gasteiger partial charge is 0.245 e. The molecular formula is C13H11IN4O. The summed E-state index contributed by atoms with van der Waals surface area (Å²) in [6.45, 7) is 0.732. The van der Waals surface area contributed by atoms with E-state index < -0.39 is 0 Å². The van der Waals surface area contributed by atoms with Crippen LogP contribution in [0.2, 0.25) is 0 Å². The molecule has 0 unspecified atom stereocenters. The van der Waals surface area contributed by atoms with Gasteiger partial charge in [0.1, 0.15) is 6.33 Å². The molecule has 2 aromatic heterocycles. The maximum absolute atomic E-state index is 5.22. The van der Waals surface area contributed by atoms with Crippen molar-refractivity contribution in [3.63, 3.8) is 0 Å². The lowest BCUT2D eigenvalue weighted by Crippen LogP contribution is -2.03. The molecule has 0 fully saturated rings. The predicted molar refractivity (Wildman–Crippen MR) is 80.1 cm³/mol. The molecule has 0 aliphatic carbocycles. The van der Waals surface area contributed by atoms with E-state index in [9.17, 15) is 0 Å². The van der Waals surface area contributed by atoms with Gasteiger partial charge < -0.3 is 4.74 Å². The Morgan fingerprint density at radius 3 is 2.74 bits per heavy atom. The number of benzene rings is 1. The van der Waals surface area contributed by atoms with Gasteiger partial charge in [-0.25, -0.2) is 9.97 Å². The minimum Gasteiger partial charge on any atom is -0.479 e. The van der Waals surface area contributed by atoms with Gasteiger partial charge in [-0.3, -0.25) is 4.57 Å². The molecular weight excluding hydrogens is 355 g/mol. The maximum Gasteiger partial charge on any atom is 0.245 e. The largest absolute Gasteiger partial charge is 0.479 e.